The van der Waals surface area contributed by atoms with E-state index >= 15 is 0 Å². The number of aliphatic carboxylic acids is 1. The molecule has 0 bridgehead atoms. The van der Waals surface area contributed by atoms with Gasteiger partial charge in [-0.25, -0.2) is 4.79 Å². The van der Waals surface area contributed by atoms with Crippen LogP contribution in [0.3, 0.4) is 0 Å². The molecule has 1 N–H and O–H groups in total. The third-order valence-electron chi connectivity index (χ3n) is 2.99. The Morgan fingerprint density at radius 1 is 1.42 bits per heavy atom. The summed E-state index contributed by atoms with van der Waals surface area (Å²) in [7, 11) is 0. The Balaban J connectivity index is 2.53. The summed E-state index contributed by atoms with van der Waals surface area (Å²) in [6.45, 7) is 2.61. The average molecular weight is 263 g/mol. The van der Waals surface area contributed by atoms with Crippen LogP contribution in [-0.2, 0) is 9.59 Å². The predicted molar refractivity (Wildman–Crippen MR) is 66.5 cm³/mol. The lowest BCUT2D eigenvalue weighted by Crippen LogP contribution is -2.48. The summed E-state index contributed by atoms with van der Waals surface area (Å²) in [5.74, 6) is -1.32. The Bertz CT molecular complexity index is 566. The van der Waals surface area contributed by atoms with Gasteiger partial charge in [-0.2, -0.15) is 0 Å². The molecule has 1 aromatic carbocycles. The van der Waals surface area contributed by atoms with Crippen molar-refractivity contribution in [3.05, 3.63) is 23.8 Å². The molecule has 0 aromatic heterocycles. The molecule has 100 valence electrons. The summed E-state index contributed by atoms with van der Waals surface area (Å²) in [5, 5.41) is 9.05. The number of carbonyl (C=O) groups is 3. The zero-order chi connectivity index (χ0) is 14.2. The molecule has 6 nitrogen and oxygen atoms in total. The van der Waals surface area contributed by atoms with Gasteiger partial charge in [-0.1, -0.05) is 0 Å². The van der Waals surface area contributed by atoms with Crippen molar-refractivity contribution < 1.29 is 24.2 Å². The maximum atomic E-state index is 11.8. The van der Waals surface area contributed by atoms with E-state index < -0.39 is 17.9 Å². The van der Waals surface area contributed by atoms with E-state index in [9.17, 15) is 14.4 Å². The van der Waals surface area contributed by atoms with Crippen LogP contribution in [0.15, 0.2) is 18.2 Å². The van der Waals surface area contributed by atoms with Gasteiger partial charge in [-0.3, -0.25) is 14.5 Å². The number of ether oxygens (including phenoxy) is 1. The molecule has 2 rings (SSSR count). The van der Waals surface area contributed by atoms with Crippen LogP contribution >= 0.6 is 0 Å². The molecule has 1 amide bonds. The van der Waals surface area contributed by atoms with Crippen molar-refractivity contribution >= 4 is 23.3 Å². The summed E-state index contributed by atoms with van der Waals surface area (Å²) in [4.78, 5) is 35.4. The van der Waals surface area contributed by atoms with Gasteiger partial charge in [0.05, 0.1) is 5.69 Å². The van der Waals surface area contributed by atoms with Gasteiger partial charge < -0.3 is 9.84 Å². The second kappa shape index (κ2) is 4.72. The quantitative estimate of drug-likeness (QED) is 0.825. The Hall–Kier alpha value is -2.37. The SMILES string of the molecule is CC(=O)c1ccc2c(c1)N(C(C)C(=O)O)C(=O)CO2. The molecule has 6 heteroatoms. The van der Waals surface area contributed by atoms with Gasteiger partial charge >= 0.3 is 5.97 Å². The molecule has 1 atom stereocenters. The van der Waals surface area contributed by atoms with E-state index in [-0.39, 0.29) is 12.4 Å². The van der Waals surface area contributed by atoms with Gasteiger partial charge in [0, 0.05) is 5.56 Å². The molecule has 1 heterocycles. The van der Waals surface area contributed by atoms with Crippen LogP contribution in [-0.4, -0.2) is 35.4 Å². The van der Waals surface area contributed by atoms with Gasteiger partial charge in [0.2, 0.25) is 0 Å². The summed E-state index contributed by atoms with van der Waals surface area (Å²) in [6, 6.07) is 3.62. The molecule has 0 radical (unpaired) electrons. The number of hydrogen-bond donors (Lipinski definition) is 1. The summed E-state index contributed by atoms with van der Waals surface area (Å²) in [6.07, 6.45) is 0. The molecule has 19 heavy (non-hydrogen) atoms. The molecule has 0 aliphatic carbocycles. The standard InChI is InChI=1S/C13H13NO5/c1-7(13(17)18)14-10-5-9(8(2)15)3-4-11(10)19-6-12(14)16/h3-5,7H,6H2,1-2H3,(H,17,18). The topological polar surface area (TPSA) is 83.9 Å². The lowest BCUT2D eigenvalue weighted by molar-refractivity contribution is -0.140. The number of carbonyl (C=O) groups excluding carboxylic acids is 2. The number of carboxylic acid groups (broad SMARTS) is 1. The van der Waals surface area contributed by atoms with Crippen molar-refractivity contribution in [3.63, 3.8) is 0 Å². The zero-order valence-corrected chi connectivity index (χ0v) is 10.5. The van der Waals surface area contributed by atoms with Gasteiger partial charge in [-0.15, -0.1) is 0 Å². The third kappa shape index (κ3) is 2.29. The number of anilines is 1. The van der Waals surface area contributed by atoms with Crippen LogP contribution < -0.4 is 9.64 Å². The van der Waals surface area contributed by atoms with E-state index in [1.807, 2.05) is 0 Å². The smallest absolute Gasteiger partial charge is 0.326 e. The van der Waals surface area contributed by atoms with Crippen molar-refractivity contribution in [1.82, 2.24) is 0 Å². The molecule has 1 unspecified atom stereocenters. The first-order valence-corrected chi connectivity index (χ1v) is 5.74. The van der Waals surface area contributed by atoms with E-state index in [4.69, 9.17) is 9.84 Å². The van der Waals surface area contributed by atoms with Crippen LogP contribution in [0.2, 0.25) is 0 Å². The van der Waals surface area contributed by atoms with Gasteiger partial charge in [0.15, 0.2) is 12.4 Å². The summed E-state index contributed by atoms with van der Waals surface area (Å²) in [5.41, 5.74) is 0.721. The summed E-state index contributed by atoms with van der Waals surface area (Å²) < 4.78 is 5.24. The molecule has 1 aliphatic heterocycles. The number of ketones is 1. The molecule has 1 aromatic rings. The van der Waals surface area contributed by atoms with Gasteiger partial charge in [0.25, 0.3) is 5.91 Å². The van der Waals surface area contributed by atoms with E-state index in [0.29, 0.717) is 17.0 Å². The maximum absolute atomic E-state index is 11.8. The number of benzene rings is 1. The minimum Gasteiger partial charge on any atom is -0.482 e. The van der Waals surface area contributed by atoms with Crippen molar-refractivity contribution in [2.75, 3.05) is 11.5 Å². The maximum Gasteiger partial charge on any atom is 0.326 e. The second-order valence-electron chi connectivity index (χ2n) is 4.31. The van der Waals surface area contributed by atoms with Crippen LogP contribution in [0.5, 0.6) is 5.75 Å². The number of nitrogens with zero attached hydrogens (tertiary/aromatic N) is 1. The van der Waals surface area contributed by atoms with Crippen LogP contribution in [0, 0.1) is 0 Å². The first kappa shape index (κ1) is 13.1. The molecular formula is C13H13NO5. The number of fused-ring (bicyclic) bond motifs is 1. The van der Waals surface area contributed by atoms with Gasteiger partial charge in [0.1, 0.15) is 11.8 Å². The van der Waals surface area contributed by atoms with Crippen molar-refractivity contribution in [1.29, 1.82) is 0 Å². The monoisotopic (exact) mass is 263 g/mol. The molecule has 0 saturated heterocycles. The van der Waals surface area contributed by atoms with Crippen LogP contribution in [0.4, 0.5) is 5.69 Å². The number of amides is 1. The number of Topliss-reactive ketones (excluding diaryl/α,β-unsaturated/α-hetero) is 1. The normalized spacial score (nSPS) is 15.5. The minimum absolute atomic E-state index is 0.163. The molecule has 0 fully saturated rings. The summed E-state index contributed by atoms with van der Waals surface area (Å²) >= 11 is 0. The highest BCUT2D eigenvalue weighted by atomic mass is 16.5. The average Bonchev–Trinajstić information content (AvgIpc) is 2.37. The van der Waals surface area contributed by atoms with Crippen molar-refractivity contribution in [2.24, 2.45) is 0 Å². The first-order valence-electron chi connectivity index (χ1n) is 5.74. The predicted octanol–water partition coefficient (Wildman–Crippen LogP) is 1.09. The van der Waals surface area contributed by atoms with Crippen LogP contribution in [0.1, 0.15) is 24.2 Å². The Morgan fingerprint density at radius 3 is 2.68 bits per heavy atom. The number of hydrogen-bond acceptors (Lipinski definition) is 4. The Morgan fingerprint density at radius 2 is 2.11 bits per heavy atom. The van der Waals surface area contributed by atoms with E-state index in [1.165, 1.54) is 19.9 Å². The van der Waals surface area contributed by atoms with Crippen LogP contribution in [0.25, 0.3) is 0 Å². The largest absolute Gasteiger partial charge is 0.482 e. The molecule has 0 spiro atoms. The molecule has 0 saturated carbocycles. The van der Waals surface area contributed by atoms with Crippen molar-refractivity contribution in [3.8, 4) is 5.75 Å². The Kier molecular flexibility index (Phi) is 3.25. The van der Waals surface area contributed by atoms with E-state index in [1.54, 1.807) is 12.1 Å². The highest BCUT2D eigenvalue weighted by molar-refractivity contribution is 6.04. The molecular weight excluding hydrogens is 250 g/mol. The number of rotatable bonds is 3. The van der Waals surface area contributed by atoms with Gasteiger partial charge in [-0.05, 0) is 32.0 Å². The third-order valence-corrected chi connectivity index (χ3v) is 2.99. The zero-order valence-electron chi connectivity index (χ0n) is 10.5. The second-order valence-corrected chi connectivity index (χ2v) is 4.31. The fraction of sp³-hybridized carbons (Fsp3) is 0.308. The minimum atomic E-state index is -1.12. The van der Waals surface area contributed by atoms with E-state index in [2.05, 4.69) is 0 Å². The number of carboxylic acids is 1. The van der Waals surface area contributed by atoms with Crippen molar-refractivity contribution in [2.45, 2.75) is 19.9 Å². The lowest BCUT2D eigenvalue weighted by atomic mass is 10.1. The fourth-order valence-electron chi connectivity index (χ4n) is 1.93. The van der Waals surface area contributed by atoms with E-state index in [0.717, 1.165) is 4.90 Å². The first-order chi connectivity index (χ1) is 8.91. The fourth-order valence-corrected chi connectivity index (χ4v) is 1.93. The highest BCUT2D eigenvalue weighted by Crippen LogP contribution is 2.34. The highest BCUT2D eigenvalue weighted by Gasteiger charge is 2.33. The lowest BCUT2D eigenvalue weighted by Gasteiger charge is -2.32. The molecule has 1 aliphatic rings. The Labute approximate surface area is 109 Å².